The molecule has 0 aromatic rings. The van der Waals surface area contributed by atoms with E-state index in [0.717, 1.165) is 32.0 Å². The zero-order valence-corrected chi connectivity index (χ0v) is 13.0. The van der Waals surface area contributed by atoms with Crippen LogP contribution in [0.4, 0.5) is 0 Å². The largest absolute Gasteiger partial charge is 0.342 e. The number of nitrogens with zero attached hydrogens (tertiary/aromatic N) is 2. The minimum absolute atomic E-state index is 0.140. The minimum atomic E-state index is 0.140. The summed E-state index contributed by atoms with van der Waals surface area (Å²) in [7, 11) is 0. The highest BCUT2D eigenvalue weighted by atomic mass is 16.2. The van der Waals surface area contributed by atoms with Gasteiger partial charge in [-0.25, -0.2) is 0 Å². The van der Waals surface area contributed by atoms with Crippen LogP contribution in [0.25, 0.3) is 0 Å². The standard InChI is InChI=1S/C16H29N3O/c1-12(2)16(20)19-9-5-13(6-10-19)17-14-7-11-18-8-3-4-15(14)18/h12-15,17H,3-11H2,1-2H3. The predicted molar refractivity (Wildman–Crippen MR) is 80.6 cm³/mol. The number of carbonyl (C=O) groups is 1. The summed E-state index contributed by atoms with van der Waals surface area (Å²) in [4.78, 5) is 16.7. The molecule has 0 aromatic carbocycles. The van der Waals surface area contributed by atoms with Crippen LogP contribution in [-0.4, -0.2) is 60.0 Å². The molecule has 3 saturated heterocycles. The average Bonchev–Trinajstić information content (AvgIpc) is 3.04. The van der Waals surface area contributed by atoms with Gasteiger partial charge in [0.15, 0.2) is 0 Å². The maximum Gasteiger partial charge on any atom is 0.225 e. The number of carbonyl (C=O) groups excluding carboxylic acids is 1. The van der Waals surface area contributed by atoms with Crippen molar-refractivity contribution < 1.29 is 4.79 Å². The highest BCUT2D eigenvalue weighted by molar-refractivity contribution is 5.78. The van der Waals surface area contributed by atoms with Gasteiger partial charge in [0.05, 0.1) is 0 Å². The number of nitrogens with one attached hydrogen (secondary N) is 1. The predicted octanol–water partition coefficient (Wildman–Crippen LogP) is 1.46. The van der Waals surface area contributed by atoms with Gasteiger partial charge in [0, 0.05) is 43.7 Å². The SMILES string of the molecule is CC(C)C(=O)N1CCC(NC2CCN3CCCC23)CC1. The summed E-state index contributed by atoms with van der Waals surface area (Å²) >= 11 is 0. The van der Waals surface area contributed by atoms with Crippen LogP contribution >= 0.6 is 0 Å². The van der Waals surface area contributed by atoms with Crippen LogP contribution in [-0.2, 0) is 4.79 Å². The number of hydrogen-bond acceptors (Lipinski definition) is 3. The highest BCUT2D eigenvalue weighted by Crippen LogP contribution is 2.29. The lowest BCUT2D eigenvalue weighted by atomic mass is 9.99. The molecule has 4 heteroatoms. The second-order valence-corrected chi connectivity index (χ2v) is 7.06. The third-order valence-corrected chi connectivity index (χ3v) is 5.36. The van der Waals surface area contributed by atoms with E-state index in [9.17, 15) is 4.79 Å². The van der Waals surface area contributed by atoms with Crippen LogP contribution in [0.3, 0.4) is 0 Å². The number of rotatable bonds is 3. The van der Waals surface area contributed by atoms with Gasteiger partial charge in [-0.2, -0.15) is 0 Å². The van der Waals surface area contributed by atoms with E-state index < -0.39 is 0 Å². The lowest BCUT2D eigenvalue weighted by molar-refractivity contribution is -0.135. The lowest BCUT2D eigenvalue weighted by Gasteiger charge is -2.35. The number of piperidine rings is 1. The normalized spacial score (nSPS) is 32.0. The third-order valence-electron chi connectivity index (χ3n) is 5.36. The molecule has 3 fully saturated rings. The zero-order chi connectivity index (χ0) is 14.1. The van der Waals surface area contributed by atoms with Gasteiger partial charge in [0.2, 0.25) is 5.91 Å². The van der Waals surface area contributed by atoms with Crippen LogP contribution in [0, 0.1) is 5.92 Å². The summed E-state index contributed by atoms with van der Waals surface area (Å²) < 4.78 is 0. The molecule has 1 amide bonds. The molecule has 3 heterocycles. The number of likely N-dealkylation sites (tertiary alicyclic amines) is 1. The van der Waals surface area contributed by atoms with Crippen molar-refractivity contribution >= 4 is 5.91 Å². The first kappa shape index (κ1) is 14.3. The fourth-order valence-corrected chi connectivity index (χ4v) is 4.21. The molecule has 2 unspecified atom stereocenters. The Hall–Kier alpha value is -0.610. The summed E-state index contributed by atoms with van der Waals surface area (Å²) in [6, 6.07) is 2.12. The molecule has 0 aromatic heterocycles. The van der Waals surface area contributed by atoms with E-state index in [0.29, 0.717) is 18.0 Å². The topological polar surface area (TPSA) is 35.6 Å². The van der Waals surface area contributed by atoms with Gasteiger partial charge in [-0.15, -0.1) is 0 Å². The molecule has 0 spiro atoms. The Kier molecular flexibility index (Phi) is 4.32. The molecule has 0 radical (unpaired) electrons. The van der Waals surface area contributed by atoms with Gasteiger partial charge in [-0.3, -0.25) is 9.69 Å². The maximum atomic E-state index is 12.0. The smallest absolute Gasteiger partial charge is 0.225 e. The maximum absolute atomic E-state index is 12.0. The van der Waals surface area contributed by atoms with Crippen LogP contribution in [0.2, 0.25) is 0 Å². The molecule has 0 aliphatic carbocycles. The molecule has 3 aliphatic heterocycles. The van der Waals surface area contributed by atoms with Crippen LogP contribution in [0.15, 0.2) is 0 Å². The summed E-state index contributed by atoms with van der Waals surface area (Å²) in [5.41, 5.74) is 0. The molecular formula is C16H29N3O. The molecule has 2 atom stereocenters. The lowest BCUT2D eigenvalue weighted by Crippen LogP contribution is -2.50. The number of fused-ring (bicyclic) bond motifs is 1. The van der Waals surface area contributed by atoms with Crippen molar-refractivity contribution in [3.63, 3.8) is 0 Å². The van der Waals surface area contributed by atoms with E-state index in [2.05, 4.69) is 15.1 Å². The van der Waals surface area contributed by atoms with E-state index in [1.807, 2.05) is 13.8 Å². The Balaban J connectivity index is 1.46. The molecule has 0 bridgehead atoms. The van der Waals surface area contributed by atoms with Crippen molar-refractivity contribution in [1.82, 2.24) is 15.1 Å². The van der Waals surface area contributed by atoms with Crippen molar-refractivity contribution in [1.29, 1.82) is 0 Å². The van der Waals surface area contributed by atoms with Crippen LogP contribution in [0.5, 0.6) is 0 Å². The second kappa shape index (κ2) is 6.02. The number of hydrogen-bond donors (Lipinski definition) is 1. The minimum Gasteiger partial charge on any atom is -0.342 e. The van der Waals surface area contributed by atoms with Crippen molar-refractivity contribution in [3.05, 3.63) is 0 Å². The molecule has 1 N–H and O–H groups in total. The summed E-state index contributed by atoms with van der Waals surface area (Å²) in [6.45, 7) is 8.47. The highest BCUT2D eigenvalue weighted by Gasteiger charge is 2.38. The van der Waals surface area contributed by atoms with E-state index in [-0.39, 0.29) is 5.92 Å². The van der Waals surface area contributed by atoms with Gasteiger partial charge in [-0.1, -0.05) is 13.8 Å². The third kappa shape index (κ3) is 2.86. The molecular weight excluding hydrogens is 250 g/mol. The molecule has 4 nitrogen and oxygen atoms in total. The first-order chi connectivity index (χ1) is 9.65. The summed E-state index contributed by atoms with van der Waals surface area (Å²) in [5.74, 6) is 0.465. The van der Waals surface area contributed by atoms with Gasteiger partial charge < -0.3 is 10.2 Å². The van der Waals surface area contributed by atoms with Gasteiger partial charge in [-0.05, 0) is 38.6 Å². The van der Waals surface area contributed by atoms with E-state index in [1.54, 1.807) is 0 Å². The van der Waals surface area contributed by atoms with Crippen LogP contribution < -0.4 is 5.32 Å². The van der Waals surface area contributed by atoms with Crippen molar-refractivity contribution in [2.24, 2.45) is 5.92 Å². The van der Waals surface area contributed by atoms with Gasteiger partial charge in [0.25, 0.3) is 0 Å². The first-order valence-corrected chi connectivity index (χ1v) is 8.44. The fourth-order valence-electron chi connectivity index (χ4n) is 4.21. The number of amides is 1. The molecule has 3 aliphatic rings. The average molecular weight is 279 g/mol. The zero-order valence-electron chi connectivity index (χ0n) is 13.0. The fraction of sp³-hybridized carbons (Fsp3) is 0.938. The molecule has 114 valence electrons. The van der Waals surface area contributed by atoms with Gasteiger partial charge >= 0.3 is 0 Å². The Morgan fingerprint density at radius 3 is 2.50 bits per heavy atom. The first-order valence-electron chi connectivity index (χ1n) is 8.44. The molecule has 3 rings (SSSR count). The Morgan fingerprint density at radius 1 is 1.05 bits per heavy atom. The van der Waals surface area contributed by atoms with Crippen LogP contribution in [0.1, 0.15) is 46.0 Å². The van der Waals surface area contributed by atoms with E-state index in [1.165, 1.54) is 32.4 Å². The van der Waals surface area contributed by atoms with Crippen molar-refractivity contribution in [2.45, 2.75) is 64.1 Å². The second-order valence-electron chi connectivity index (χ2n) is 7.06. The van der Waals surface area contributed by atoms with Crippen molar-refractivity contribution in [3.8, 4) is 0 Å². The molecule has 0 saturated carbocycles. The monoisotopic (exact) mass is 279 g/mol. The van der Waals surface area contributed by atoms with E-state index in [4.69, 9.17) is 0 Å². The summed E-state index contributed by atoms with van der Waals surface area (Å²) in [5, 5.41) is 3.90. The Labute approximate surface area is 122 Å². The quantitative estimate of drug-likeness (QED) is 0.849. The Bertz CT molecular complexity index is 350. The van der Waals surface area contributed by atoms with E-state index >= 15 is 0 Å². The molecule has 20 heavy (non-hydrogen) atoms. The van der Waals surface area contributed by atoms with Crippen molar-refractivity contribution in [2.75, 3.05) is 26.2 Å². The summed E-state index contributed by atoms with van der Waals surface area (Å²) in [6.07, 6.45) is 6.33. The Morgan fingerprint density at radius 2 is 1.80 bits per heavy atom. The van der Waals surface area contributed by atoms with Gasteiger partial charge in [0.1, 0.15) is 0 Å².